The molecule has 1 amide bonds. The number of halogens is 1. The Balaban J connectivity index is 2.04. The van der Waals surface area contributed by atoms with Crippen LogP contribution in [0.2, 0.25) is 0 Å². The van der Waals surface area contributed by atoms with E-state index in [1.54, 1.807) is 0 Å². The summed E-state index contributed by atoms with van der Waals surface area (Å²) < 4.78 is 0.992. The molecule has 1 fully saturated rings. The molecule has 2 rings (SSSR count). The summed E-state index contributed by atoms with van der Waals surface area (Å²) in [4.78, 5) is 16.0. The minimum Gasteiger partial charge on any atom is -0.365 e. The van der Waals surface area contributed by atoms with Gasteiger partial charge >= 0.3 is 0 Å². The van der Waals surface area contributed by atoms with Gasteiger partial charge in [0.1, 0.15) is 0 Å². The highest BCUT2D eigenvalue weighted by Gasteiger charge is 2.19. The van der Waals surface area contributed by atoms with Crippen LogP contribution in [0.5, 0.6) is 0 Å². The van der Waals surface area contributed by atoms with Crippen molar-refractivity contribution in [2.75, 3.05) is 31.6 Å². The van der Waals surface area contributed by atoms with Crippen molar-refractivity contribution in [1.29, 1.82) is 0 Å². The van der Waals surface area contributed by atoms with Crippen LogP contribution in [-0.4, -0.2) is 37.5 Å². The minimum atomic E-state index is 0.203. The second kappa shape index (κ2) is 6.39. The van der Waals surface area contributed by atoms with Crippen LogP contribution in [-0.2, 0) is 11.3 Å². The van der Waals surface area contributed by atoms with Crippen LogP contribution in [0, 0.1) is 0 Å². The number of anilines is 1. The predicted molar refractivity (Wildman–Crippen MR) is 81.1 cm³/mol. The third-order valence-corrected chi connectivity index (χ3v) is 3.91. The van der Waals surface area contributed by atoms with Gasteiger partial charge in [0, 0.05) is 36.8 Å². The lowest BCUT2D eigenvalue weighted by Crippen LogP contribution is -2.37. The zero-order valence-electron chi connectivity index (χ0n) is 11.2. The van der Waals surface area contributed by atoms with Gasteiger partial charge in [-0.3, -0.25) is 4.79 Å². The molecule has 1 aromatic rings. The first-order valence-electron chi connectivity index (χ1n) is 6.58. The molecule has 0 aliphatic carbocycles. The molecule has 104 valence electrons. The zero-order valence-corrected chi connectivity index (χ0v) is 12.8. The fourth-order valence-electron chi connectivity index (χ4n) is 2.33. The first-order chi connectivity index (χ1) is 9.10. The van der Waals surface area contributed by atoms with Crippen LogP contribution in [0.25, 0.3) is 0 Å². The van der Waals surface area contributed by atoms with Crippen LogP contribution in [0.4, 0.5) is 5.69 Å². The maximum atomic E-state index is 12.1. The van der Waals surface area contributed by atoms with Crippen molar-refractivity contribution in [3.05, 3.63) is 28.2 Å². The molecule has 0 bridgehead atoms. The molecule has 0 unspecified atom stereocenters. The van der Waals surface area contributed by atoms with Crippen LogP contribution < -0.4 is 10.6 Å². The van der Waals surface area contributed by atoms with Crippen molar-refractivity contribution in [3.8, 4) is 0 Å². The van der Waals surface area contributed by atoms with Gasteiger partial charge in [-0.25, -0.2) is 0 Å². The molecule has 1 saturated heterocycles. The first-order valence-corrected chi connectivity index (χ1v) is 7.38. The fourth-order valence-corrected chi connectivity index (χ4v) is 2.86. The van der Waals surface area contributed by atoms with Gasteiger partial charge < -0.3 is 15.5 Å². The average Bonchev–Trinajstić information content (AvgIpc) is 2.91. The SMILES string of the molecule is CN(CC(=O)N1CCCC1)c1cc(Br)cc(CN)c1. The largest absolute Gasteiger partial charge is 0.365 e. The van der Waals surface area contributed by atoms with E-state index in [0.29, 0.717) is 13.1 Å². The molecular formula is C14H20BrN3O. The topological polar surface area (TPSA) is 49.6 Å². The smallest absolute Gasteiger partial charge is 0.242 e. The number of likely N-dealkylation sites (tertiary alicyclic amines) is 1. The van der Waals surface area contributed by atoms with Gasteiger partial charge in [0.2, 0.25) is 5.91 Å². The Morgan fingerprint density at radius 1 is 1.37 bits per heavy atom. The number of nitrogens with two attached hydrogens (primary N) is 1. The highest BCUT2D eigenvalue weighted by molar-refractivity contribution is 9.10. The van der Waals surface area contributed by atoms with E-state index in [9.17, 15) is 4.79 Å². The lowest BCUT2D eigenvalue weighted by atomic mass is 10.2. The van der Waals surface area contributed by atoms with Gasteiger partial charge in [-0.15, -0.1) is 0 Å². The van der Waals surface area contributed by atoms with Crippen LogP contribution in [0.15, 0.2) is 22.7 Å². The molecule has 1 aromatic carbocycles. The molecule has 1 aliphatic rings. The normalized spacial score (nSPS) is 14.8. The van der Waals surface area contributed by atoms with E-state index in [1.807, 2.05) is 35.0 Å². The van der Waals surface area contributed by atoms with E-state index in [0.717, 1.165) is 41.7 Å². The molecule has 2 N–H and O–H groups in total. The number of carbonyl (C=O) groups excluding carboxylic acids is 1. The Bertz CT molecular complexity index is 458. The molecule has 0 aromatic heterocycles. The molecule has 4 nitrogen and oxygen atoms in total. The van der Waals surface area contributed by atoms with Crippen molar-refractivity contribution in [3.63, 3.8) is 0 Å². The summed E-state index contributed by atoms with van der Waals surface area (Å²) in [6.45, 7) is 2.72. The summed E-state index contributed by atoms with van der Waals surface area (Å²) in [7, 11) is 1.94. The van der Waals surface area contributed by atoms with Gasteiger partial charge in [0.15, 0.2) is 0 Å². The molecule has 0 atom stereocenters. The van der Waals surface area contributed by atoms with E-state index in [-0.39, 0.29) is 5.91 Å². The molecular weight excluding hydrogens is 306 g/mol. The Hall–Kier alpha value is -1.07. The molecule has 19 heavy (non-hydrogen) atoms. The van der Waals surface area contributed by atoms with Crippen LogP contribution in [0.3, 0.4) is 0 Å². The number of rotatable bonds is 4. The second-order valence-electron chi connectivity index (χ2n) is 4.97. The Morgan fingerprint density at radius 2 is 2.05 bits per heavy atom. The number of likely N-dealkylation sites (N-methyl/N-ethyl adjacent to an activating group) is 1. The van der Waals surface area contributed by atoms with E-state index < -0.39 is 0 Å². The maximum Gasteiger partial charge on any atom is 0.242 e. The minimum absolute atomic E-state index is 0.203. The van der Waals surface area contributed by atoms with Gasteiger partial charge in [-0.2, -0.15) is 0 Å². The molecule has 0 spiro atoms. The van der Waals surface area contributed by atoms with Gasteiger partial charge in [-0.1, -0.05) is 15.9 Å². The van der Waals surface area contributed by atoms with Crippen molar-refractivity contribution in [2.45, 2.75) is 19.4 Å². The van der Waals surface area contributed by atoms with Gasteiger partial charge in [0.05, 0.1) is 6.54 Å². The Kier molecular flexibility index (Phi) is 4.82. The number of carbonyl (C=O) groups is 1. The van der Waals surface area contributed by atoms with E-state index in [1.165, 1.54) is 0 Å². The maximum absolute atomic E-state index is 12.1. The highest BCUT2D eigenvalue weighted by atomic mass is 79.9. The molecule has 1 heterocycles. The lowest BCUT2D eigenvalue weighted by Gasteiger charge is -2.23. The van der Waals surface area contributed by atoms with Crippen LogP contribution in [0.1, 0.15) is 18.4 Å². The quantitative estimate of drug-likeness (QED) is 0.920. The number of hydrogen-bond donors (Lipinski definition) is 1. The first kappa shape index (κ1) is 14.3. The third-order valence-electron chi connectivity index (χ3n) is 3.45. The lowest BCUT2D eigenvalue weighted by molar-refractivity contribution is -0.128. The van der Waals surface area contributed by atoms with E-state index in [4.69, 9.17) is 5.73 Å². The van der Waals surface area contributed by atoms with Crippen molar-refractivity contribution < 1.29 is 4.79 Å². The van der Waals surface area contributed by atoms with Crippen molar-refractivity contribution in [1.82, 2.24) is 4.90 Å². The summed E-state index contributed by atoms with van der Waals surface area (Å²) >= 11 is 3.48. The molecule has 0 saturated carbocycles. The highest BCUT2D eigenvalue weighted by Crippen LogP contribution is 2.22. The van der Waals surface area contributed by atoms with Gasteiger partial charge in [-0.05, 0) is 36.6 Å². The molecule has 0 radical (unpaired) electrons. The van der Waals surface area contributed by atoms with E-state index >= 15 is 0 Å². The summed E-state index contributed by atoms with van der Waals surface area (Å²) in [5, 5.41) is 0. The van der Waals surface area contributed by atoms with Crippen molar-refractivity contribution >= 4 is 27.5 Å². The monoisotopic (exact) mass is 325 g/mol. The van der Waals surface area contributed by atoms with Gasteiger partial charge in [0.25, 0.3) is 0 Å². The molecule has 5 heteroatoms. The fraction of sp³-hybridized carbons (Fsp3) is 0.500. The number of amides is 1. The summed E-state index contributed by atoms with van der Waals surface area (Å²) in [5.74, 6) is 0.203. The average molecular weight is 326 g/mol. The zero-order chi connectivity index (χ0) is 13.8. The van der Waals surface area contributed by atoms with Crippen LogP contribution >= 0.6 is 15.9 Å². The third kappa shape index (κ3) is 3.70. The second-order valence-corrected chi connectivity index (χ2v) is 5.88. The number of nitrogens with zero attached hydrogens (tertiary/aromatic N) is 2. The summed E-state index contributed by atoms with van der Waals surface area (Å²) in [6.07, 6.45) is 2.26. The number of hydrogen-bond acceptors (Lipinski definition) is 3. The summed E-state index contributed by atoms with van der Waals surface area (Å²) in [6, 6.07) is 6.04. The Labute approximate surface area is 122 Å². The predicted octanol–water partition coefficient (Wildman–Crippen LogP) is 1.97. The van der Waals surface area contributed by atoms with Crippen molar-refractivity contribution in [2.24, 2.45) is 5.73 Å². The summed E-state index contributed by atoms with van der Waals surface area (Å²) in [5.41, 5.74) is 7.75. The molecule has 1 aliphatic heterocycles. The van der Waals surface area contributed by atoms with E-state index in [2.05, 4.69) is 15.9 Å². The Morgan fingerprint density at radius 3 is 2.68 bits per heavy atom. The standard InChI is InChI=1S/C14H20BrN3O/c1-17(10-14(19)18-4-2-3-5-18)13-7-11(9-16)6-12(15)8-13/h6-8H,2-5,9-10,16H2,1H3. The number of benzene rings is 1.